The van der Waals surface area contributed by atoms with Gasteiger partial charge in [0.05, 0.1) is 0 Å². The molecular weight excluding hydrogens is 324 g/mol. The fourth-order valence-corrected chi connectivity index (χ4v) is 3.96. The molecule has 2 atom stereocenters. The molecule has 2 aromatic rings. The van der Waals surface area contributed by atoms with Crippen molar-refractivity contribution in [3.05, 3.63) is 71.3 Å². The molecule has 0 heteroatoms. The zero-order valence-corrected chi connectivity index (χ0v) is 18.7. The van der Waals surface area contributed by atoms with E-state index in [0.29, 0.717) is 5.92 Å². The third-order valence-electron chi connectivity index (χ3n) is 5.49. The van der Waals surface area contributed by atoms with Gasteiger partial charge in [0.1, 0.15) is 0 Å². The van der Waals surface area contributed by atoms with E-state index in [1.165, 1.54) is 55.2 Å². The highest BCUT2D eigenvalue weighted by atomic mass is 14.2. The van der Waals surface area contributed by atoms with Gasteiger partial charge in [0.25, 0.3) is 0 Å². The molecule has 0 fully saturated rings. The Hall–Kier alpha value is -1.56. The van der Waals surface area contributed by atoms with Crippen molar-refractivity contribution in [2.45, 2.75) is 86.0 Å². The van der Waals surface area contributed by atoms with Gasteiger partial charge in [-0.3, -0.25) is 0 Å². The van der Waals surface area contributed by atoms with Crippen LogP contribution in [0.15, 0.2) is 54.6 Å². The number of benzene rings is 2. The quantitative estimate of drug-likeness (QED) is 0.370. The molecule has 150 valence electrons. The van der Waals surface area contributed by atoms with Crippen LogP contribution >= 0.6 is 0 Å². The first-order valence-electron chi connectivity index (χ1n) is 11.2. The zero-order chi connectivity index (χ0) is 20.1. The van der Waals surface area contributed by atoms with Crippen LogP contribution in [0.5, 0.6) is 0 Å². The lowest BCUT2D eigenvalue weighted by atomic mass is 9.85. The number of aryl methyl sites for hydroxylation is 1. The van der Waals surface area contributed by atoms with Crippen LogP contribution in [0, 0.1) is 11.8 Å². The van der Waals surface area contributed by atoms with E-state index in [9.17, 15) is 0 Å². The molecule has 0 aliphatic heterocycles. The molecular formula is C27H42. The van der Waals surface area contributed by atoms with E-state index in [4.69, 9.17) is 0 Å². The molecule has 27 heavy (non-hydrogen) atoms. The second-order valence-corrected chi connectivity index (χ2v) is 8.04. The monoisotopic (exact) mass is 366 g/mol. The summed E-state index contributed by atoms with van der Waals surface area (Å²) < 4.78 is 0. The van der Waals surface area contributed by atoms with Crippen LogP contribution < -0.4 is 0 Å². The SMILES string of the molecule is CC.CCC(c1ccc(CC(C)CCCCc2ccccc2)cc1)C(C)C. The average Bonchev–Trinajstić information content (AvgIpc) is 2.69. The predicted octanol–water partition coefficient (Wildman–Crippen LogP) is 8.45. The summed E-state index contributed by atoms with van der Waals surface area (Å²) >= 11 is 0. The van der Waals surface area contributed by atoms with Crippen molar-refractivity contribution in [1.29, 1.82) is 0 Å². The molecule has 2 aromatic carbocycles. The Kier molecular flexibility index (Phi) is 11.8. The summed E-state index contributed by atoms with van der Waals surface area (Å²) in [6.45, 7) is 13.4. The van der Waals surface area contributed by atoms with Crippen LogP contribution in [-0.2, 0) is 12.8 Å². The Morgan fingerprint density at radius 3 is 1.93 bits per heavy atom. The Balaban J connectivity index is 0.00000176. The van der Waals surface area contributed by atoms with Crippen molar-refractivity contribution in [2.24, 2.45) is 11.8 Å². The molecule has 0 heterocycles. The van der Waals surface area contributed by atoms with Gasteiger partial charge in [-0.15, -0.1) is 0 Å². The molecule has 0 radical (unpaired) electrons. The van der Waals surface area contributed by atoms with E-state index in [0.717, 1.165) is 11.8 Å². The standard InChI is InChI=1S/C25H36.C2H6/c1-5-25(20(2)3)24-17-15-23(16-18-24)19-21(4)11-9-10-14-22-12-7-6-8-13-22;1-2/h6-8,12-13,15-18,20-21,25H,5,9-11,14,19H2,1-4H3;1-2H3. The molecule has 2 rings (SSSR count). The number of hydrogen-bond donors (Lipinski definition) is 0. The van der Waals surface area contributed by atoms with Gasteiger partial charge in [0.2, 0.25) is 0 Å². The Morgan fingerprint density at radius 1 is 0.741 bits per heavy atom. The predicted molar refractivity (Wildman–Crippen MR) is 123 cm³/mol. The third kappa shape index (κ3) is 8.78. The van der Waals surface area contributed by atoms with Crippen molar-refractivity contribution in [3.63, 3.8) is 0 Å². The molecule has 0 saturated carbocycles. The minimum atomic E-state index is 0.699. The molecule has 0 saturated heterocycles. The van der Waals surface area contributed by atoms with Crippen LogP contribution in [-0.4, -0.2) is 0 Å². The van der Waals surface area contributed by atoms with E-state index in [1.54, 1.807) is 0 Å². The molecule has 0 nitrogen and oxygen atoms in total. The second kappa shape index (κ2) is 13.6. The fourth-order valence-electron chi connectivity index (χ4n) is 3.96. The van der Waals surface area contributed by atoms with Crippen LogP contribution in [0.3, 0.4) is 0 Å². The first-order chi connectivity index (χ1) is 13.1. The summed E-state index contributed by atoms with van der Waals surface area (Å²) in [5.41, 5.74) is 4.48. The van der Waals surface area contributed by atoms with Crippen LogP contribution in [0.2, 0.25) is 0 Å². The minimum Gasteiger partial charge on any atom is -0.0683 e. The maximum Gasteiger partial charge on any atom is -0.0141 e. The van der Waals surface area contributed by atoms with Gasteiger partial charge in [0, 0.05) is 0 Å². The molecule has 0 spiro atoms. The lowest BCUT2D eigenvalue weighted by molar-refractivity contribution is 0.483. The van der Waals surface area contributed by atoms with E-state index in [2.05, 4.69) is 82.3 Å². The van der Waals surface area contributed by atoms with Gasteiger partial charge in [0.15, 0.2) is 0 Å². The summed E-state index contributed by atoms with van der Waals surface area (Å²) in [5.74, 6) is 2.19. The van der Waals surface area contributed by atoms with Gasteiger partial charge in [-0.05, 0) is 60.1 Å². The maximum absolute atomic E-state index is 2.40. The van der Waals surface area contributed by atoms with Crippen molar-refractivity contribution in [2.75, 3.05) is 0 Å². The average molecular weight is 367 g/mol. The van der Waals surface area contributed by atoms with E-state index in [-0.39, 0.29) is 0 Å². The van der Waals surface area contributed by atoms with Gasteiger partial charge in [-0.25, -0.2) is 0 Å². The highest BCUT2D eigenvalue weighted by Gasteiger charge is 2.13. The Bertz CT molecular complexity index is 579. The molecule has 0 N–H and O–H groups in total. The van der Waals surface area contributed by atoms with Crippen LogP contribution in [0.25, 0.3) is 0 Å². The van der Waals surface area contributed by atoms with Gasteiger partial charge < -0.3 is 0 Å². The summed E-state index contributed by atoms with van der Waals surface area (Å²) in [7, 11) is 0. The summed E-state index contributed by atoms with van der Waals surface area (Å²) in [6, 6.07) is 20.3. The lowest BCUT2D eigenvalue weighted by Gasteiger charge is -2.20. The molecule has 0 bridgehead atoms. The summed E-state index contributed by atoms with van der Waals surface area (Å²) in [4.78, 5) is 0. The molecule has 0 aliphatic carbocycles. The Morgan fingerprint density at radius 2 is 1.37 bits per heavy atom. The first kappa shape index (κ1) is 23.5. The van der Waals surface area contributed by atoms with Crippen molar-refractivity contribution in [3.8, 4) is 0 Å². The van der Waals surface area contributed by atoms with E-state index in [1.807, 2.05) is 13.8 Å². The zero-order valence-electron chi connectivity index (χ0n) is 18.7. The van der Waals surface area contributed by atoms with Crippen molar-refractivity contribution < 1.29 is 0 Å². The van der Waals surface area contributed by atoms with Crippen molar-refractivity contribution >= 4 is 0 Å². The smallest absolute Gasteiger partial charge is 0.0141 e. The largest absolute Gasteiger partial charge is 0.0683 e. The van der Waals surface area contributed by atoms with Gasteiger partial charge in [-0.1, -0.05) is 109 Å². The Labute approximate surface area is 169 Å². The number of rotatable bonds is 10. The highest BCUT2D eigenvalue weighted by molar-refractivity contribution is 5.26. The fraction of sp³-hybridized carbons (Fsp3) is 0.556. The number of unbranched alkanes of at least 4 members (excludes halogenated alkanes) is 1. The maximum atomic E-state index is 2.40. The second-order valence-electron chi connectivity index (χ2n) is 8.04. The topological polar surface area (TPSA) is 0 Å². The van der Waals surface area contributed by atoms with Crippen LogP contribution in [0.1, 0.15) is 89.8 Å². The van der Waals surface area contributed by atoms with E-state index >= 15 is 0 Å². The van der Waals surface area contributed by atoms with Gasteiger partial charge >= 0.3 is 0 Å². The van der Waals surface area contributed by atoms with E-state index < -0.39 is 0 Å². The molecule has 0 amide bonds. The summed E-state index contributed by atoms with van der Waals surface area (Å²) in [6.07, 6.45) is 7.63. The number of hydrogen-bond acceptors (Lipinski definition) is 0. The highest BCUT2D eigenvalue weighted by Crippen LogP contribution is 2.28. The lowest BCUT2D eigenvalue weighted by Crippen LogP contribution is -2.06. The minimum absolute atomic E-state index is 0.699. The first-order valence-corrected chi connectivity index (χ1v) is 11.2. The van der Waals surface area contributed by atoms with Gasteiger partial charge in [-0.2, -0.15) is 0 Å². The molecule has 0 aliphatic rings. The third-order valence-corrected chi connectivity index (χ3v) is 5.49. The molecule has 2 unspecified atom stereocenters. The molecule has 0 aromatic heterocycles. The summed E-state index contributed by atoms with van der Waals surface area (Å²) in [5, 5.41) is 0. The van der Waals surface area contributed by atoms with Crippen molar-refractivity contribution in [1.82, 2.24) is 0 Å². The van der Waals surface area contributed by atoms with Crippen LogP contribution in [0.4, 0.5) is 0 Å². The normalized spacial score (nSPS) is 13.0.